The largest absolute Gasteiger partial charge is 0.508 e. The van der Waals surface area contributed by atoms with Gasteiger partial charge in [0.2, 0.25) is 5.91 Å². The standard InChI is InChI=1S/C24H26ClN3O4/c1-2-23(31)28-10-14(11-28)27-6-5-15-17(12-27)21(29)9-20(24(15)32)26-19-7-16(13-3-4-13)18(25)8-22(19)30/h2,7-9,13-14,26,29-30,32H,1,3-6,10-12H2. The van der Waals surface area contributed by atoms with Crippen LogP contribution in [-0.2, 0) is 17.8 Å². The number of hydrogen-bond donors (Lipinski definition) is 4. The molecule has 8 heteroatoms. The molecule has 168 valence electrons. The van der Waals surface area contributed by atoms with E-state index in [1.807, 2.05) is 6.07 Å². The molecule has 5 rings (SSSR count). The number of phenols is 3. The number of rotatable bonds is 5. The highest BCUT2D eigenvalue weighted by Gasteiger charge is 2.36. The Morgan fingerprint density at radius 1 is 1.09 bits per heavy atom. The van der Waals surface area contributed by atoms with Crippen molar-refractivity contribution in [2.75, 3.05) is 25.0 Å². The Kier molecular flexibility index (Phi) is 5.18. The van der Waals surface area contributed by atoms with E-state index < -0.39 is 0 Å². The number of nitrogens with one attached hydrogen (secondary N) is 1. The van der Waals surface area contributed by atoms with Crippen LogP contribution in [0.25, 0.3) is 0 Å². The quantitative estimate of drug-likeness (QED) is 0.311. The minimum atomic E-state index is -0.0647. The minimum Gasteiger partial charge on any atom is -0.508 e. The number of carbonyl (C=O) groups is 1. The number of amides is 1. The van der Waals surface area contributed by atoms with Crippen LogP contribution in [0.1, 0.15) is 35.4 Å². The van der Waals surface area contributed by atoms with Crippen LogP contribution in [0.3, 0.4) is 0 Å². The van der Waals surface area contributed by atoms with Crippen LogP contribution in [0, 0.1) is 0 Å². The van der Waals surface area contributed by atoms with E-state index in [2.05, 4.69) is 16.8 Å². The lowest BCUT2D eigenvalue weighted by Crippen LogP contribution is -2.61. The van der Waals surface area contributed by atoms with Crippen molar-refractivity contribution in [1.82, 2.24) is 9.80 Å². The van der Waals surface area contributed by atoms with E-state index in [1.54, 1.807) is 4.90 Å². The molecule has 1 saturated carbocycles. The topological polar surface area (TPSA) is 96.3 Å². The normalized spacial score (nSPS) is 18.7. The van der Waals surface area contributed by atoms with Gasteiger partial charge in [0.15, 0.2) is 0 Å². The molecule has 7 nitrogen and oxygen atoms in total. The lowest BCUT2D eigenvalue weighted by molar-refractivity contribution is -0.133. The van der Waals surface area contributed by atoms with Crippen LogP contribution < -0.4 is 5.32 Å². The molecule has 2 aromatic carbocycles. The van der Waals surface area contributed by atoms with Crippen molar-refractivity contribution in [2.24, 2.45) is 0 Å². The zero-order valence-electron chi connectivity index (χ0n) is 17.6. The van der Waals surface area contributed by atoms with Gasteiger partial charge in [0.25, 0.3) is 0 Å². The van der Waals surface area contributed by atoms with Crippen molar-refractivity contribution in [3.63, 3.8) is 0 Å². The van der Waals surface area contributed by atoms with Crippen molar-refractivity contribution < 1.29 is 20.1 Å². The van der Waals surface area contributed by atoms with Crippen LogP contribution in [0.5, 0.6) is 17.2 Å². The van der Waals surface area contributed by atoms with Crippen molar-refractivity contribution in [1.29, 1.82) is 0 Å². The summed E-state index contributed by atoms with van der Waals surface area (Å²) in [5, 5.41) is 35.6. The van der Waals surface area contributed by atoms with Gasteiger partial charge in [0.1, 0.15) is 17.2 Å². The monoisotopic (exact) mass is 455 g/mol. The molecule has 1 aliphatic carbocycles. The van der Waals surface area contributed by atoms with E-state index in [0.29, 0.717) is 59.5 Å². The molecule has 3 aliphatic rings. The number of nitrogens with zero attached hydrogens (tertiary/aromatic N) is 2. The first-order chi connectivity index (χ1) is 15.4. The van der Waals surface area contributed by atoms with Crippen LogP contribution in [-0.4, -0.2) is 56.7 Å². The molecule has 0 aromatic heterocycles. The van der Waals surface area contributed by atoms with Gasteiger partial charge in [-0.1, -0.05) is 18.2 Å². The third-order valence-electron chi connectivity index (χ3n) is 6.77. The summed E-state index contributed by atoms with van der Waals surface area (Å²) < 4.78 is 0. The Bertz CT molecular complexity index is 1110. The number of phenolic OH excluding ortho intramolecular Hbond substituents is 3. The SMILES string of the molecule is C=CC(=O)N1CC(N2CCc3c(O)c(Nc4cc(C5CC5)c(Cl)cc4O)cc(O)c3C2)C1. The first-order valence-corrected chi connectivity index (χ1v) is 11.2. The number of carbonyl (C=O) groups excluding carboxylic acids is 1. The molecule has 0 unspecified atom stereocenters. The van der Waals surface area contributed by atoms with E-state index >= 15 is 0 Å². The van der Waals surface area contributed by atoms with E-state index in [0.717, 1.165) is 24.9 Å². The van der Waals surface area contributed by atoms with Gasteiger partial charge in [-0.25, -0.2) is 0 Å². The molecule has 1 amide bonds. The molecule has 2 aromatic rings. The molecule has 0 radical (unpaired) electrons. The van der Waals surface area contributed by atoms with Gasteiger partial charge < -0.3 is 25.5 Å². The number of anilines is 2. The Hall–Kier alpha value is -2.90. The second-order valence-electron chi connectivity index (χ2n) is 8.86. The van der Waals surface area contributed by atoms with E-state index in [-0.39, 0.29) is 29.2 Å². The Morgan fingerprint density at radius 3 is 2.53 bits per heavy atom. The van der Waals surface area contributed by atoms with Crippen LogP contribution in [0.15, 0.2) is 30.9 Å². The average molecular weight is 456 g/mol. The number of halogens is 1. The van der Waals surface area contributed by atoms with E-state index in [1.165, 1.54) is 18.2 Å². The summed E-state index contributed by atoms with van der Waals surface area (Å²) in [6.45, 7) is 6.04. The fraction of sp³-hybridized carbons (Fsp3) is 0.375. The average Bonchev–Trinajstić information content (AvgIpc) is 3.57. The molecular formula is C24H26ClN3O4. The summed E-state index contributed by atoms with van der Waals surface area (Å²) in [5.41, 5.74) is 3.18. The Morgan fingerprint density at radius 2 is 1.84 bits per heavy atom. The summed E-state index contributed by atoms with van der Waals surface area (Å²) >= 11 is 6.27. The van der Waals surface area contributed by atoms with Crippen LogP contribution in [0.2, 0.25) is 5.02 Å². The van der Waals surface area contributed by atoms with Crippen molar-refractivity contribution in [3.05, 3.63) is 52.6 Å². The van der Waals surface area contributed by atoms with Gasteiger partial charge in [-0.05, 0) is 42.9 Å². The summed E-state index contributed by atoms with van der Waals surface area (Å²) in [7, 11) is 0. The predicted octanol–water partition coefficient (Wildman–Crippen LogP) is 3.83. The highest BCUT2D eigenvalue weighted by molar-refractivity contribution is 6.31. The van der Waals surface area contributed by atoms with Crippen molar-refractivity contribution >= 4 is 28.9 Å². The summed E-state index contributed by atoms with van der Waals surface area (Å²) in [4.78, 5) is 15.7. The smallest absolute Gasteiger partial charge is 0.246 e. The molecule has 0 atom stereocenters. The van der Waals surface area contributed by atoms with Gasteiger partial charge >= 0.3 is 0 Å². The number of benzene rings is 2. The summed E-state index contributed by atoms with van der Waals surface area (Å²) in [6, 6.07) is 5.07. The number of aromatic hydroxyl groups is 3. The summed E-state index contributed by atoms with van der Waals surface area (Å²) in [6.07, 6.45) is 4.06. The van der Waals surface area contributed by atoms with Gasteiger partial charge in [-0.3, -0.25) is 9.69 Å². The molecule has 2 fully saturated rings. The Balaban J connectivity index is 1.36. The highest BCUT2D eigenvalue weighted by Crippen LogP contribution is 2.47. The molecule has 0 spiro atoms. The number of fused-ring (bicyclic) bond motifs is 1. The molecule has 1 saturated heterocycles. The molecule has 2 aliphatic heterocycles. The fourth-order valence-electron chi connectivity index (χ4n) is 4.67. The maximum Gasteiger partial charge on any atom is 0.246 e. The Labute approximate surface area is 191 Å². The van der Waals surface area contributed by atoms with Gasteiger partial charge in [-0.2, -0.15) is 0 Å². The van der Waals surface area contributed by atoms with Crippen LogP contribution >= 0.6 is 11.6 Å². The molecule has 32 heavy (non-hydrogen) atoms. The maximum absolute atomic E-state index is 11.7. The predicted molar refractivity (Wildman–Crippen MR) is 123 cm³/mol. The highest BCUT2D eigenvalue weighted by atomic mass is 35.5. The third kappa shape index (κ3) is 3.65. The number of likely N-dealkylation sites (tertiary alicyclic amines) is 1. The lowest BCUT2D eigenvalue weighted by Gasteiger charge is -2.46. The van der Waals surface area contributed by atoms with Gasteiger partial charge in [-0.15, -0.1) is 0 Å². The first-order valence-electron chi connectivity index (χ1n) is 10.9. The zero-order chi connectivity index (χ0) is 22.6. The van der Waals surface area contributed by atoms with Crippen molar-refractivity contribution in [2.45, 2.75) is 37.8 Å². The van der Waals surface area contributed by atoms with Gasteiger partial charge in [0, 0.05) is 60.5 Å². The number of hydrogen-bond acceptors (Lipinski definition) is 6. The molecule has 2 heterocycles. The van der Waals surface area contributed by atoms with E-state index in [9.17, 15) is 20.1 Å². The minimum absolute atomic E-state index is 0.00852. The fourth-order valence-corrected chi connectivity index (χ4v) is 4.98. The van der Waals surface area contributed by atoms with Crippen LogP contribution in [0.4, 0.5) is 11.4 Å². The second kappa shape index (κ2) is 7.90. The maximum atomic E-state index is 11.7. The van der Waals surface area contributed by atoms with Crippen molar-refractivity contribution in [3.8, 4) is 17.2 Å². The van der Waals surface area contributed by atoms with E-state index in [4.69, 9.17) is 11.6 Å². The van der Waals surface area contributed by atoms with Gasteiger partial charge in [0.05, 0.1) is 11.4 Å². The molecule has 4 N–H and O–H groups in total. The first kappa shape index (κ1) is 21.0. The zero-order valence-corrected chi connectivity index (χ0v) is 18.4. The summed E-state index contributed by atoms with van der Waals surface area (Å²) in [5.74, 6) is 0.511. The molecule has 0 bridgehead atoms. The molecular weight excluding hydrogens is 430 g/mol. The second-order valence-corrected chi connectivity index (χ2v) is 9.27. The third-order valence-corrected chi connectivity index (χ3v) is 7.10. The lowest BCUT2D eigenvalue weighted by atomic mass is 9.94.